The molecule has 0 saturated heterocycles. The lowest BCUT2D eigenvalue weighted by Gasteiger charge is -2.60. The Morgan fingerprint density at radius 1 is 1.11 bits per heavy atom. The van der Waals surface area contributed by atoms with Gasteiger partial charge in [-0.2, -0.15) is 0 Å². The minimum Gasteiger partial charge on any atom is -0.481 e. The van der Waals surface area contributed by atoms with Gasteiger partial charge < -0.3 is 10.2 Å². The molecule has 4 saturated carbocycles. The van der Waals surface area contributed by atoms with E-state index in [-0.39, 0.29) is 29.3 Å². The molecule has 1 unspecified atom stereocenters. The topological polar surface area (TPSA) is 74.6 Å². The fourth-order valence-corrected chi connectivity index (χ4v) is 8.55. The summed E-state index contributed by atoms with van der Waals surface area (Å²) in [7, 11) is 0. The van der Waals surface area contributed by atoms with Crippen LogP contribution in [0.25, 0.3) is 0 Å². The maximum absolute atomic E-state index is 13.1. The fourth-order valence-electron chi connectivity index (χ4n) is 8.55. The van der Waals surface area contributed by atoms with E-state index >= 15 is 0 Å². The molecule has 0 bridgehead atoms. The smallest absolute Gasteiger partial charge is 0.303 e. The molecule has 0 spiro atoms. The number of ketones is 1. The fraction of sp³-hybridized carbons (Fsp3) is 0.917. The van der Waals surface area contributed by atoms with Gasteiger partial charge in [0.15, 0.2) is 0 Å². The van der Waals surface area contributed by atoms with Gasteiger partial charge >= 0.3 is 5.97 Å². The third-order valence-electron chi connectivity index (χ3n) is 10.0. The van der Waals surface area contributed by atoms with E-state index in [1.165, 1.54) is 25.7 Å². The lowest BCUT2D eigenvalue weighted by molar-refractivity contribution is -0.160. The zero-order valence-electron chi connectivity index (χ0n) is 17.8. The summed E-state index contributed by atoms with van der Waals surface area (Å²) in [5.41, 5.74) is 0.338. The van der Waals surface area contributed by atoms with Crippen molar-refractivity contribution in [2.24, 2.45) is 46.3 Å². The largest absolute Gasteiger partial charge is 0.481 e. The number of aliphatic carboxylic acids is 1. The highest BCUT2D eigenvalue weighted by Crippen LogP contribution is 2.67. The predicted molar refractivity (Wildman–Crippen MR) is 108 cm³/mol. The number of fused-ring (bicyclic) bond motifs is 5. The molecule has 0 aromatic rings. The Balaban J connectivity index is 1.55. The van der Waals surface area contributed by atoms with E-state index in [1.54, 1.807) is 0 Å². The molecule has 4 fully saturated rings. The highest BCUT2D eigenvalue weighted by molar-refractivity contribution is 5.83. The summed E-state index contributed by atoms with van der Waals surface area (Å²) < 4.78 is 0. The number of carbonyl (C=O) groups excluding carboxylic acids is 1. The molecule has 0 amide bonds. The molecule has 0 aliphatic heterocycles. The Morgan fingerprint density at radius 3 is 2.50 bits per heavy atom. The van der Waals surface area contributed by atoms with Crippen LogP contribution in [0, 0.1) is 46.3 Å². The van der Waals surface area contributed by atoms with E-state index in [9.17, 15) is 14.7 Å². The second kappa shape index (κ2) is 7.11. The number of hydrogen-bond donors (Lipinski definition) is 2. The molecule has 4 heteroatoms. The summed E-state index contributed by atoms with van der Waals surface area (Å²) >= 11 is 0. The van der Waals surface area contributed by atoms with Crippen molar-refractivity contribution in [2.75, 3.05) is 0 Å². The Bertz CT molecular complexity index is 645. The molecular weight excluding hydrogens is 352 g/mol. The van der Waals surface area contributed by atoms with Crippen molar-refractivity contribution < 1.29 is 19.8 Å². The first-order valence-electron chi connectivity index (χ1n) is 11.6. The summed E-state index contributed by atoms with van der Waals surface area (Å²) in [6.07, 6.45) is 8.80. The van der Waals surface area contributed by atoms with Crippen molar-refractivity contribution in [1.29, 1.82) is 0 Å². The number of carboxylic acids is 1. The number of carbonyl (C=O) groups is 2. The third-order valence-corrected chi connectivity index (χ3v) is 10.0. The van der Waals surface area contributed by atoms with Gasteiger partial charge in [0, 0.05) is 18.8 Å². The lowest BCUT2D eigenvalue weighted by Crippen LogP contribution is -2.57. The second-order valence-corrected chi connectivity index (χ2v) is 11.2. The van der Waals surface area contributed by atoms with Gasteiger partial charge in [0.2, 0.25) is 0 Å². The van der Waals surface area contributed by atoms with Crippen LogP contribution in [-0.2, 0) is 9.59 Å². The molecule has 0 radical (unpaired) electrons. The van der Waals surface area contributed by atoms with Crippen molar-refractivity contribution in [3.8, 4) is 0 Å². The van der Waals surface area contributed by atoms with E-state index in [4.69, 9.17) is 5.11 Å². The molecule has 4 aliphatic carbocycles. The molecule has 4 nitrogen and oxygen atoms in total. The van der Waals surface area contributed by atoms with Crippen LogP contribution in [-0.4, -0.2) is 28.1 Å². The zero-order chi connectivity index (χ0) is 20.3. The van der Waals surface area contributed by atoms with Crippen LogP contribution in [0.2, 0.25) is 0 Å². The molecule has 0 aromatic carbocycles. The van der Waals surface area contributed by atoms with Crippen LogP contribution < -0.4 is 0 Å². The van der Waals surface area contributed by atoms with Crippen LogP contribution in [0.3, 0.4) is 0 Å². The Hall–Kier alpha value is -0.900. The molecule has 158 valence electrons. The first-order chi connectivity index (χ1) is 13.2. The van der Waals surface area contributed by atoms with E-state index in [0.29, 0.717) is 48.2 Å². The number of rotatable bonds is 4. The molecule has 0 heterocycles. The van der Waals surface area contributed by atoms with Gasteiger partial charge in [-0.3, -0.25) is 9.59 Å². The minimum absolute atomic E-state index is 0.0635. The van der Waals surface area contributed by atoms with Gasteiger partial charge in [0.1, 0.15) is 5.78 Å². The number of aliphatic hydroxyl groups is 1. The Labute approximate surface area is 169 Å². The maximum Gasteiger partial charge on any atom is 0.303 e. The first kappa shape index (κ1) is 20.4. The van der Waals surface area contributed by atoms with Crippen molar-refractivity contribution in [1.82, 2.24) is 0 Å². The molecule has 0 aromatic heterocycles. The Kier molecular flexibility index (Phi) is 5.17. The average molecular weight is 391 g/mol. The van der Waals surface area contributed by atoms with E-state index in [2.05, 4.69) is 20.8 Å². The summed E-state index contributed by atoms with van der Waals surface area (Å²) in [5, 5.41) is 19.2. The van der Waals surface area contributed by atoms with Crippen molar-refractivity contribution in [3.63, 3.8) is 0 Å². The molecule has 4 aliphatic rings. The molecule has 2 N–H and O–H groups in total. The van der Waals surface area contributed by atoms with E-state index in [0.717, 1.165) is 19.3 Å². The SMILES string of the molecule is C[C@H](CCC(=O)O)[C@H]1CC[C@H]2[C@@H]3CC(=O)[C@H]4CC(O)CC[C@]4(C)[C@H]3CC[C@]12C. The van der Waals surface area contributed by atoms with Gasteiger partial charge in [-0.15, -0.1) is 0 Å². The van der Waals surface area contributed by atoms with Crippen molar-refractivity contribution in [2.45, 2.75) is 91.1 Å². The normalized spacial score (nSPS) is 49.1. The van der Waals surface area contributed by atoms with E-state index < -0.39 is 5.97 Å². The molecular formula is C24H38O4. The first-order valence-corrected chi connectivity index (χ1v) is 11.6. The van der Waals surface area contributed by atoms with Crippen molar-refractivity contribution >= 4 is 11.8 Å². The zero-order valence-corrected chi connectivity index (χ0v) is 17.8. The number of carboxylic acid groups (broad SMARTS) is 1. The van der Waals surface area contributed by atoms with Gasteiger partial charge in [-0.05, 0) is 91.8 Å². The van der Waals surface area contributed by atoms with Crippen LogP contribution in [0.15, 0.2) is 0 Å². The van der Waals surface area contributed by atoms with Gasteiger partial charge in [-0.25, -0.2) is 0 Å². The monoisotopic (exact) mass is 390 g/mol. The number of aliphatic hydroxyl groups excluding tert-OH is 1. The van der Waals surface area contributed by atoms with Crippen LogP contribution >= 0.6 is 0 Å². The van der Waals surface area contributed by atoms with Gasteiger partial charge in [0.05, 0.1) is 6.10 Å². The maximum atomic E-state index is 13.1. The highest BCUT2D eigenvalue weighted by Gasteiger charge is 2.62. The van der Waals surface area contributed by atoms with Crippen LogP contribution in [0.4, 0.5) is 0 Å². The lowest BCUT2D eigenvalue weighted by atomic mass is 9.44. The van der Waals surface area contributed by atoms with E-state index in [1.807, 2.05) is 0 Å². The Morgan fingerprint density at radius 2 is 1.79 bits per heavy atom. The van der Waals surface area contributed by atoms with Crippen LogP contribution in [0.5, 0.6) is 0 Å². The van der Waals surface area contributed by atoms with Crippen molar-refractivity contribution in [3.05, 3.63) is 0 Å². The quantitative estimate of drug-likeness (QED) is 0.730. The van der Waals surface area contributed by atoms with Gasteiger partial charge in [-0.1, -0.05) is 20.8 Å². The summed E-state index contributed by atoms with van der Waals surface area (Å²) in [6, 6.07) is 0. The van der Waals surface area contributed by atoms with Crippen LogP contribution in [0.1, 0.15) is 85.0 Å². The average Bonchev–Trinajstić information content (AvgIpc) is 2.99. The highest BCUT2D eigenvalue weighted by atomic mass is 16.4. The number of Topliss-reactive ketones (excluding diaryl/α,β-unsaturated/α-hetero) is 1. The summed E-state index contributed by atoms with van der Waals surface area (Å²) in [5.74, 6) is 2.54. The molecule has 28 heavy (non-hydrogen) atoms. The summed E-state index contributed by atoms with van der Waals surface area (Å²) in [4.78, 5) is 24.2. The molecule has 9 atom stereocenters. The predicted octanol–water partition coefficient (Wildman–Crippen LogP) is 4.69. The minimum atomic E-state index is -0.688. The summed E-state index contributed by atoms with van der Waals surface area (Å²) in [6.45, 7) is 7.05. The third kappa shape index (κ3) is 3.05. The second-order valence-electron chi connectivity index (χ2n) is 11.2. The molecule has 4 rings (SSSR count). The number of hydrogen-bond acceptors (Lipinski definition) is 3. The standard InChI is InChI=1S/C24H38O4/c1-14(4-7-22(27)28)17-5-6-18-16-13-21(26)20-12-15(25)8-10-24(20,3)19(16)9-11-23(17,18)2/h14-20,25H,4-13H2,1-3H3,(H,27,28)/t14-,15?,16+,17-,18+,19+,20-,23-,24-/m1/s1. The van der Waals surface area contributed by atoms with Gasteiger partial charge in [0.25, 0.3) is 0 Å².